The van der Waals surface area contributed by atoms with Gasteiger partial charge in [0.05, 0.1) is 6.54 Å². The van der Waals surface area contributed by atoms with Crippen molar-refractivity contribution in [1.82, 2.24) is 10.6 Å². The fourth-order valence-electron chi connectivity index (χ4n) is 1.70. The molecule has 2 amide bonds. The fraction of sp³-hybridized carbons (Fsp3) is 0.533. The SMILES string of the molecule is CSC(C)(C)CNC(=O)NCC(C)(O)c1ccc(F)cc1F. The Morgan fingerprint density at radius 3 is 2.36 bits per heavy atom. The molecule has 0 fully saturated rings. The molecule has 0 radical (unpaired) electrons. The molecule has 22 heavy (non-hydrogen) atoms. The van der Waals surface area contributed by atoms with Crippen molar-refractivity contribution in [1.29, 1.82) is 0 Å². The van der Waals surface area contributed by atoms with Crippen molar-refractivity contribution >= 4 is 17.8 Å². The third-order valence-corrected chi connectivity index (χ3v) is 4.58. The third kappa shape index (κ3) is 5.46. The Kier molecular flexibility index (Phi) is 6.19. The third-order valence-electron chi connectivity index (χ3n) is 3.33. The zero-order chi connectivity index (χ0) is 17.0. The normalized spacial score (nSPS) is 14.3. The van der Waals surface area contributed by atoms with E-state index in [4.69, 9.17) is 0 Å². The number of hydrogen-bond donors (Lipinski definition) is 3. The molecule has 1 aromatic rings. The quantitative estimate of drug-likeness (QED) is 0.750. The first-order chi connectivity index (χ1) is 10.1. The first-order valence-electron chi connectivity index (χ1n) is 6.82. The van der Waals surface area contributed by atoms with Gasteiger partial charge in [0.1, 0.15) is 17.2 Å². The number of carbonyl (C=O) groups excluding carboxylic acids is 1. The summed E-state index contributed by atoms with van der Waals surface area (Å²) in [6, 6.07) is 2.48. The summed E-state index contributed by atoms with van der Waals surface area (Å²) < 4.78 is 26.5. The maximum Gasteiger partial charge on any atom is 0.314 e. The number of nitrogens with one attached hydrogen (secondary N) is 2. The minimum absolute atomic E-state index is 0.0707. The molecule has 0 spiro atoms. The summed E-state index contributed by atoms with van der Waals surface area (Å²) in [4.78, 5) is 11.7. The maximum atomic E-state index is 13.7. The number of thioether (sulfide) groups is 1. The van der Waals surface area contributed by atoms with Crippen LogP contribution in [0.4, 0.5) is 13.6 Å². The number of rotatable bonds is 6. The van der Waals surface area contributed by atoms with Gasteiger partial charge in [0.15, 0.2) is 0 Å². The summed E-state index contributed by atoms with van der Waals surface area (Å²) in [7, 11) is 0. The van der Waals surface area contributed by atoms with Gasteiger partial charge in [0.25, 0.3) is 0 Å². The molecule has 124 valence electrons. The average molecular weight is 332 g/mol. The zero-order valence-corrected chi connectivity index (χ0v) is 14.0. The van der Waals surface area contributed by atoms with Crippen LogP contribution < -0.4 is 10.6 Å². The fourth-order valence-corrected chi connectivity index (χ4v) is 1.92. The summed E-state index contributed by atoms with van der Waals surface area (Å²) in [5.41, 5.74) is -1.71. The van der Waals surface area contributed by atoms with Crippen molar-refractivity contribution in [3.8, 4) is 0 Å². The molecule has 0 heterocycles. The highest BCUT2D eigenvalue weighted by molar-refractivity contribution is 7.99. The molecule has 1 rings (SSSR count). The molecule has 0 saturated carbocycles. The molecule has 0 bridgehead atoms. The van der Waals surface area contributed by atoms with Gasteiger partial charge < -0.3 is 15.7 Å². The van der Waals surface area contributed by atoms with Crippen LogP contribution in [0.15, 0.2) is 18.2 Å². The highest BCUT2D eigenvalue weighted by Crippen LogP contribution is 2.23. The Morgan fingerprint density at radius 2 is 1.82 bits per heavy atom. The van der Waals surface area contributed by atoms with E-state index >= 15 is 0 Å². The van der Waals surface area contributed by atoms with Gasteiger partial charge in [-0.15, -0.1) is 0 Å². The molecular weight excluding hydrogens is 310 g/mol. The van der Waals surface area contributed by atoms with E-state index in [2.05, 4.69) is 10.6 Å². The topological polar surface area (TPSA) is 61.4 Å². The van der Waals surface area contributed by atoms with Crippen LogP contribution in [0.1, 0.15) is 26.3 Å². The highest BCUT2D eigenvalue weighted by atomic mass is 32.2. The Balaban J connectivity index is 2.60. The molecule has 3 N–H and O–H groups in total. The minimum Gasteiger partial charge on any atom is -0.383 e. The van der Waals surface area contributed by atoms with Crippen LogP contribution in [-0.2, 0) is 5.60 Å². The second kappa shape index (κ2) is 7.28. The molecule has 0 saturated heterocycles. The molecule has 0 aliphatic carbocycles. The molecule has 1 atom stereocenters. The van der Waals surface area contributed by atoms with Gasteiger partial charge in [0.2, 0.25) is 0 Å². The first-order valence-corrected chi connectivity index (χ1v) is 8.05. The number of amides is 2. The van der Waals surface area contributed by atoms with E-state index in [1.165, 1.54) is 13.0 Å². The monoisotopic (exact) mass is 332 g/mol. The number of aliphatic hydroxyl groups is 1. The van der Waals surface area contributed by atoms with Gasteiger partial charge in [-0.3, -0.25) is 0 Å². The molecule has 4 nitrogen and oxygen atoms in total. The lowest BCUT2D eigenvalue weighted by molar-refractivity contribution is 0.0555. The standard InChI is InChI=1S/C15H22F2N2O2S/c1-14(2,22-4)8-18-13(20)19-9-15(3,21)11-6-5-10(16)7-12(11)17/h5-7,21H,8-9H2,1-4H3,(H2,18,19,20). The highest BCUT2D eigenvalue weighted by Gasteiger charge is 2.27. The predicted molar refractivity (Wildman–Crippen MR) is 84.9 cm³/mol. The van der Waals surface area contributed by atoms with E-state index in [1.54, 1.807) is 11.8 Å². The lowest BCUT2D eigenvalue weighted by Gasteiger charge is -2.26. The number of carbonyl (C=O) groups is 1. The van der Waals surface area contributed by atoms with E-state index in [9.17, 15) is 18.7 Å². The number of halogens is 2. The lowest BCUT2D eigenvalue weighted by atomic mass is 9.95. The summed E-state index contributed by atoms with van der Waals surface area (Å²) in [6.07, 6.45) is 1.95. The van der Waals surface area contributed by atoms with Gasteiger partial charge in [-0.2, -0.15) is 11.8 Å². The van der Waals surface area contributed by atoms with Crippen LogP contribution >= 0.6 is 11.8 Å². The lowest BCUT2D eigenvalue weighted by Crippen LogP contribution is -2.46. The number of hydrogen-bond acceptors (Lipinski definition) is 3. The molecule has 0 aromatic heterocycles. The van der Waals surface area contributed by atoms with Crippen molar-refractivity contribution in [2.24, 2.45) is 0 Å². The van der Waals surface area contributed by atoms with Crippen LogP contribution in [0.25, 0.3) is 0 Å². The average Bonchev–Trinajstić information content (AvgIpc) is 2.42. The van der Waals surface area contributed by atoms with Crippen molar-refractivity contribution < 1.29 is 18.7 Å². The van der Waals surface area contributed by atoms with Crippen molar-refractivity contribution in [2.75, 3.05) is 19.3 Å². The minimum atomic E-state index is -1.63. The van der Waals surface area contributed by atoms with E-state index < -0.39 is 23.3 Å². The maximum absolute atomic E-state index is 13.7. The van der Waals surface area contributed by atoms with Gasteiger partial charge in [-0.1, -0.05) is 6.07 Å². The van der Waals surface area contributed by atoms with Crippen LogP contribution in [0, 0.1) is 11.6 Å². The molecule has 7 heteroatoms. The molecule has 0 aliphatic rings. The van der Waals surface area contributed by atoms with E-state index in [0.29, 0.717) is 12.6 Å². The summed E-state index contributed by atoms with van der Waals surface area (Å²) in [5, 5.41) is 15.4. The van der Waals surface area contributed by atoms with Crippen molar-refractivity contribution in [2.45, 2.75) is 31.1 Å². The zero-order valence-electron chi connectivity index (χ0n) is 13.2. The second-order valence-electron chi connectivity index (χ2n) is 5.90. The molecule has 0 aliphatic heterocycles. The summed E-state index contributed by atoms with van der Waals surface area (Å²) in [6.45, 7) is 5.59. The van der Waals surface area contributed by atoms with Gasteiger partial charge >= 0.3 is 6.03 Å². The van der Waals surface area contributed by atoms with E-state index in [1.807, 2.05) is 20.1 Å². The van der Waals surface area contributed by atoms with Gasteiger partial charge in [-0.25, -0.2) is 13.6 Å². The number of urea groups is 1. The molecule has 1 aromatic carbocycles. The van der Waals surface area contributed by atoms with Crippen LogP contribution in [0.2, 0.25) is 0 Å². The summed E-state index contributed by atoms with van der Waals surface area (Å²) >= 11 is 1.62. The van der Waals surface area contributed by atoms with E-state index in [0.717, 1.165) is 6.07 Å². The Morgan fingerprint density at radius 1 is 1.23 bits per heavy atom. The molecular formula is C15H22F2N2O2S. The largest absolute Gasteiger partial charge is 0.383 e. The molecule has 1 unspecified atom stereocenters. The van der Waals surface area contributed by atoms with Crippen molar-refractivity contribution in [3.05, 3.63) is 35.4 Å². The Bertz CT molecular complexity index is 536. The van der Waals surface area contributed by atoms with Crippen LogP contribution in [0.5, 0.6) is 0 Å². The van der Waals surface area contributed by atoms with Crippen LogP contribution in [-0.4, -0.2) is 35.2 Å². The second-order valence-corrected chi connectivity index (χ2v) is 7.41. The Hall–Kier alpha value is -1.34. The van der Waals surface area contributed by atoms with Crippen LogP contribution in [0.3, 0.4) is 0 Å². The predicted octanol–water partition coefficient (Wildman–Crippen LogP) is 2.61. The van der Waals surface area contributed by atoms with Gasteiger partial charge in [-0.05, 0) is 33.1 Å². The van der Waals surface area contributed by atoms with E-state index in [-0.39, 0.29) is 16.9 Å². The number of benzene rings is 1. The Labute approximate surface area is 133 Å². The first kappa shape index (κ1) is 18.7. The smallest absolute Gasteiger partial charge is 0.314 e. The van der Waals surface area contributed by atoms with Crippen molar-refractivity contribution in [3.63, 3.8) is 0 Å². The summed E-state index contributed by atoms with van der Waals surface area (Å²) in [5.74, 6) is -1.57. The van der Waals surface area contributed by atoms with Gasteiger partial charge in [0, 0.05) is 22.9 Å².